The van der Waals surface area contributed by atoms with Crippen molar-refractivity contribution in [3.05, 3.63) is 54.9 Å². The van der Waals surface area contributed by atoms with Gasteiger partial charge in [-0.2, -0.15) is 0 Å². The molecule has 0 aliphatic rings. The summed E-state index contributed by atoms with van der Waals surface area (Å²) in [6.07, 6.45) is 0.580. The molecule has 1 amide bonds. The SMILES string of the molecule is NC(=O)On1cnc2cc([Se]c3ccccc3)ccc21. The predicted molar refractivity (Wildman–Crippen MR) is 77.4 cm³/mol. The van der Waals surface area contributed by atoms with Crippen LogP contribution in [-0.4, -0.2) is 30.8 Å². The number of nitrogens with zero attached hydrogens (tertiary/aromatic N) is 2. The number of benzene rings is 2. The Labute approximate surface area is 121 Å². The third-order valence-electron chi connectivity index (χ3n) is 2.65. The molecule has 0 bridgehead atoms. The second-order valence-corrected chi connectivity index (χ2v) is 6.45. The van der Waals surface area contributed by atoms with E-state index in [0.717, 1.165) is 11.0 Å². The minimum absolute atomic E-state index is 0.226. The quantitative estimate of drug-likeness (QED) is 0.697. The molecule has 100 valence electrons. The molecule has 20 heavy (non-hydrogen) atoms. The van der Waals surface area contributed by atoms with Crippen LogP contribution in [0.2, 0.25) is 0 Å². The van der Waals surface area contributed by atoms with Crippen LogP contribution < -0.4 is 19.5 Å². The van der Waals surface area contributed by atoms with E-state index in [4.69, 9.17) is 10.6 Å². The van der Waals surface area contributed by atoms with Gasteiger partial charge in [-0.3, -0.25) is 0 Å². The van der Waals surface area contributed by atoms with Crippen molar-refractivity contribution in [1.29, 1.82) is 0 Å². The Morgan fingerprint density at radius 1 is 1.15 bits per heavy atom. The van der Waals surface area contributed by atoms with E-state index < -0.39 is 6.09 Å². The Balaban J connectivity index is 1.90. The molecule has 6 heteroatoms. The Morgan fingerprint density at radius 2 is 1.95 bits per heavy atom. The van der Waals surface area contributed by atoms with Crippen molar-refractivity contribution in [1.82, 2.24) is 9.71 Å². The Bertz CT molecular complexity index is 755. The van der Waals surface area contributed by atoms with E-state index in [1.165, 1.54) is 20.0 Å². The first-order valence-electron chi connectivity index (χ1n) is 5.90. The third-order valence-corrected chi connectivity index (χ3v) is 4.75. The number of nitrogens with two attached hydrogens (primary N) is 1. The van der Waals surface area contributed by atoms with Crippen molar-refractivity contribution >= 4 is 41.0 Å². The van der Waals surface area contributed by atoms with E-state index >= 15 is 0 Å². The van der Waals surface area contributed by atoms with Crippen molar-refractivity contribution in [3.8, 4) is 0 Å². The summed E-state index contributed by atoms with van der Waals surface area (Å²) in [4.78, 5) is 19.8. The zero-order chi connectivity index (χ0) is 13.9. The van der Waals surface area contributed by atoms with E-state index in [-0.39, 0.29) is 15.0 Å². The van der Waals surface area contributed by atoms with Crippen LogP contribution in [0.5, 0.6) is 0 Å². The van der Waals surface area contributed by atoms with Gasteiger partial charge in [0.2, 0.25) is 0 Å². The van der Waals surface area contributed by atoms with Crippen LogP contribution in [0.1, 0.15) is 0 Å². The van der Waals surface area contributed by atoms with Gasteiger partial charge in [0.25, 0.3) is 0 Å². The van der Waals surface area contributed by atoms with Crippen molar-refractivity contribution in [2.45, 2.75) is 0 Å². The molecule has 5 nitrogen and oxygen atoms in total. The molecule has 0 unspecified atom stereocenters. The van der Waals surface area contributed by atoms with Gasteiger partial charge in [0.05, 0.1) is 0 Å². The summed E-state index contributed by atoms with van der Waals surface area (Å²) >= 11 is 0.226. The Hall–Kier alpha value is -2.30. The van der Waals surface area contributed by atoms with Gasteiger partial charge in [0.15, 0.2) is 0 Å². The Morgan fingerprint density at radius 3 is 2.70 bits per heavy atom. The van der Waals surface area contributed by atoms with Gasteiger partial charge in [-0.1, -0.05) is 0 Å². The molecule has 1 heterocycles. The first-order chi connectivity index (χ1) is 9.72. The number of primary amides is 1. The van der Waals surface area contributed by atoms with Gasteiger partial charge in [0.1, 0.15) is 0 Å². The van der Waals surface area contributed by atoms with Crippen LogP contribution in [0.25, 0.3) is 11.0 Å². The molecule has 0 saturated carbocycles. The van der Waals surface area contributed by atoms with E-state index in [1.54, 1.807) is 0 Å². The molecule has 0 aliphatic heterocycles. The van der Waals surface area contributed by atoms with Gasteiger partial charge in [-0.05, 0) is 0 Å². The van der Waals surface area contributed by atoms with Gasteiger partial charge >= 0.3 is 121 Å². The summed E-state index contributed by atoms with van der Waals surface area (Å²) < 4.78 is 3.78. The number of fused-ring (bicyclic) bond motifs is 1. The molecule has 0 fully saturated rings. The summed E-state index contributed by atoms with van der Waals surface area (Å²) in [7, 11) is 0. The maximum atomic E-state index is 10.8. The molecule has 1 aromatic heterocycles. The molecule has 3 rings (SSSR count). The summed E-state index contributed by atoms with van der Waals surface area (Å²) in [6, 6.07) is 16.2. The summed E-state index contributed by atoms with van der Waals surface area (Å²) in [6.45, 7) is 0. The predicted octanol–water partition coefficient (Wildman–Crippen LogP) is 0.199. The molecule has 2 aromatic carbocycles. The molecule has 0 radical (unpaired) electrons. The van der Waals surface area contributed by atoms with E-state index in [0.29, 0.717) is 0 Å². The molecule has 0 saturated heterocycles. The normalized spacial score (nSPS) is 10.6. The topological polar surface area (TPSA) is 70.1 Å². The summed E-state index contributed by atoms with van der Waals surface area (Å²) in [5.74, 6) is 0. The van der Waals surface area contributed by atoms with Gasteiger partial charge in [-0.25, -0.2) is 0 Å². The monoisotopic (exact) mass is 333 g/mol. The average Bonchev–Trinajstić information content (AvgIpc) is 2.82. The maximum absolute atomic E-state index is 10.8. The third kappa shape index (κ3) is 2.66. The first kappa shape index (κ1) is 12.7. The zero-order valence-corrected chi connectivity index (χ0v) is 12.1. The van der Waals surface area contributed by atoms with Crippen LogP contribution in [0, 0.1) is 0 Å². The zero-order valence-electron chi connectivity index (χ0n) is 10.4. The molecule has 0 spiro atoms. The number of aromatic nitrogens is 2. The number of imidazole rings is 1. The molecule has 0 aliphatic carbocycles. The number of rotatable bonds is 3. The van der Waals surface area contributed by atoms with Crippen LogP contribution >= 0.6 is 0 Å². The molecular weight excluding hydrogens is 321 g/mol. The standard InChI is InChI=1S/C14H11N3O2Se/c15-14(18)19-17-9-16-12-8-11(6-7-13(12)17)20-10-4-2-1-3-5-10/h1-9H,(H2,15,18). The van der Waals surface area contributed by atoms with Crippen molar-refractivity contribution in [2.75, 3.05) is 0 Å². The number of amides is 1. The van der Waals surface area contributed by atoms with Crippen LogP contribution in [0.15, 0.2) is 54.9 Å². The van der Waals surface area contributed by atoms with Crippen LogP contribution in [0.3, 0.4) is 0 Å². The van der Waals surface area contributed by atoms with Crippen molar-refractivity contribution in [2.24, 2.45) is 5.73 Å². The van der Waals surface area contributed by atoms with Crippen molar-refractivity contribution < 1.29 is 9.63 Å². The molecular formula is C14H11N3O2Se. The van der Waals surface area contributed by atoms with Crippen LogP contribution in [-0.2, 0) is 0 Å². The molecule has 2 N–H and O–H groups in total. The van der Waals surface area contributed by atoms with E-state index in [2.05, 4.69) is 17.1 Å². The van der Waals surface area contributed by atoms with Gasteiger partial charge in [-0.15, -0.1) is 0 Å². The first-order valence-corrected chi connectivity index (χ1v) is 7.61. The fourth-order valence-corrected chi connectivity index (χ4v) is 3.66. The van der Waals surface area contributed by atoms with Gasteiger partial charge in [0, 0.05) is 0 Å². The second kappa shape index (κ2) is 5.36. The van der Waals surface area contributed by atoms with Crippen molar-refractivity contribution in [3.63, 3.8) is 0 Å². The van der Waals surface area contributed by atoms with E-state index in [1.807, 2.05) is 36.4 Å². The number of hydrogen-bond acceptors (Lipinski definition) is 3. The Kier molecular flexibility index (Phi) is 3.41. The van der Waals surface area contributed by atoms with E-state index in [9.17, 15) is 4.79 Å². The minimum atomic E-state index is -0.859. The summed E-state index contributed by atoms with van der Waals surface area (Å²) in [5.41, 5.74) is 6.50. The number of carbonyl (C=O) groups is 1. The fraction of sp³-hybridized carbons (Fsp3) is 0. The number of carbonyl (C=O) groups excluding carboxylic acids is 1. The fourth-order valence-electron chi connectivity index (χ4n) is 1.83. The van der Waals surface area contributed by atoms with Crippen LogP contribution in [0.4, 0.5) is 4.79 Å². The average molecular weight is 332 g/mol. The number of hydrogen-bond donors (Lipinski definition) is 1. The van der Waals surface area contributed by atoms with Gasteiger partial charge < -0.3 is 0 Å². The molecule has 0 atom stereocenters. The summed E-state index contributed by atoms with van der Waals surface area (Å²) in [5, 5.41) is 0. The second-order valence-electron chi connectivity index (χ2n) is 4.05. The molecule has 3 aromatic rings.